The molecule has 0 spiro atoms. The first-order valence-electron chi connectivity index (χ1n) is 7.31. The molecule has 2 N–H and O–H groups in total. The number of carbonyl (C=O) groups excluding carboxylic acids is 2. The van der Waals surface area contributed by atoms with Crippen LogP contribution in [0, 0.1) is 12.7 Å². The van der Waals surface area contributed by atoms with E-state index >= 15 is 0 Å². The van der Waals surface area contributed by atoms with Gasteiger partial charge in [0.1, 0.15) is 21.7 Å². The lowest BCUT2D eigenvalue weighted by Crippen LogP contribution is -2.43. The Morgan fingerprint density at radius 3 is 2.83 bits per heavy atom. The molecule has 1 aromatic carbocycles. The molecule has 5 nitrogen and oxygen atoms in total. The molecule has 1 fully saturated rings. The van der Waals surface area contributed by atoms with Gasteiger partial charge in [-0.15, -0.1) is 11.3 Å². The fourth-order valence-electron chi connectivity index (χ4n) is 2.78. The van der Waals surface area contributed by atoms with E-state index in [4.69, 9.17) is 5.73 Å². The maximum absolute atomic E-state index is 13.9. The van der Waals surface area contributed by atoms with Gasteiger partial charge in [-0.1, -0.05) is 12.1 Å². The first-order chi connectivity index (χ1) is 11.0. The molecular formula is C16H16FN3O2S. The molecule has 0 unspecified atom stereocenters. The lowest BCUT2D eigenvalue weighted by Gasteiger charge is -2.21. The van der Waals surface area contributed by atoms with E-state index in [1.165, 1.54) is 11.0 Å². The van der Waals surface area contributed by atoms with Crippen molar-refractivity contribution in [3.05, 3.63) is 40.7 Å². The first kappa shape index (κ1) is 15.6. The van der Waals surface area contributed by atoms with Crippen LogP contribution in [-0.2, 0) is 4.79 Å². The molecule has 2 amide bonds. The summed E-state index contributed by atoms with van der Waals surface area (Å²) in [6.45, 7) is 2.21. The molecule has 120 valence electrons. The standard InChI is InChI=1S/C16H16FN3O2S/c1-9-13(16(22)20-8-4-7-12(20)14(18)21)23-15(19-9)10-5-2-3-6-11(10)17/h2-3,5-6,12H,4,7-8H2,1H3,(H2,18,21)/t12-/m1/s1. The van der Waals surface area contributed by atoms with Gasteiger partial charge in [0.15, 0.2) is 0 Å². The molecule has 1 saturated heterocycles. The van der Waals surface area contributed by atoms with Crippen molar-refractivity contribution in [1.29, 1.82) is 0 Å². The maximum atomic E-state index is 13.9. The summed E-state index contributed by atoms with van der Waals surface area (Å²) in [5, 5.41) is 0.457. The van der Waals surface area contributed by atoms with Crippen LogP contribution in [0.4, 0.5) is 4.39 Å². The number of amides is 2. The van der Waals surface area contributed by atoms with Crippen LogP contribution in [0.25, 0.3) is 10.6 Å². The lowest BCUT2D eigenvalue weighted by atomic mass is 10.2. The second-order valence-electron chi connectivity index (χ2n) is 5.47. The smallest absolute Gasteiger partial charge is 0.266 e. The van der Waals surface area contributed by atoms with E-state index in [0.717, 1.165) is 17.8 Å². The minimum Gasteiger partial charge on any atom is -0.368 e. The number of aromatic nitrogens is 1. The number of likely N-dealkylation sites (tertiary alicyclic amines) is 1. The second-order valence-corrected chi connectivity index (χ2v) is 6.47. The SMILES string of the molecule is Cc1nc(-c2ccccc2F)sc1C(=O)N1CCC[C@@H]1C(N)=O. The Hall–Kier alpha value is -2.28. The Bertz CT molecular complexity index is 774. The highest BCUT2D eigenvalue weighted by Gasteiger charge is 2.34. The number of hydrogen-bond donors (Lipinski definition) is 1. The zero-order valence-corrected chi connectivity index (χ0v) is 13.4. The van der Waals surface area contributed by atoms with Crippen LogP contribution < -0.4 is 5.73 Å². The van der Waals surface area contributed by atoms with Crippen molar-refractivity contribution < 1.29 is 14.0 Å². The zero-order valence-electron chi connectivity index (χ0n) is 12.6. The molecule has 1 aromatic heterocycles. The Morgan fingerprint density at radius 2 is 2.13 bits per heavy atom. The van der Waals surface area contributed by atoms with E-state index in [-0.39, 0.29) is 11.7 Å². The van der Waals surface area contributed by atoms with E-state index < -0.39 is 11.9 Å². The molecule has 0 radical (unpaired) electrons. The number of halogens is 1. The molecule has 0 bridgehead atoms. The summed E-state index contributed by atoms with van der Waals surface area (Å²) in [6, 6.07) is 5.75. The van der Waals surface area contributed by atoms with Crippen molar-refractivity contribution in [3.8, 4) is 10.6 Å². The van der Waals surface area contributed by atoms with E-state index in [9.17, 15) is 14.0 Å². The molecule has 0 aliphatic carbocycles. The van der Waals surface area contributed by atoms with Crippen molar-refractivity contribution in [1.82, 2.24) is 9.88 Å². The van der Waals surface area contributed by atoms with Gasteiger partial charge in [-0.25, -0.2) is 9.37 Å². The van der Waals surface area contributed by atoms with Crippen LogP contribution in [-0.4, -0.2) is 34.3 Å². The number of nitrogens with zero attached hydrogens (tertiary/aromatic N) is 2. The maximum Gasteiger partial charge on any atom is 0.266 e. The molecule has 0 saturated carbocycles. The van der Waals surface area contributed by atoms with Gasteiger partial charge in [0, 0.05) is 12.1 Å². The van der Waals surface area contributed by atoms with E-state index in [0.29, 0.717) is 34.1 Å². The molecule has 2 aromatic rings. The average Bonchev–Trinajstić information content (AvgIpc) is 3.14. The topological polar surface area (TPSA) is 76.3 Å². The van der Waals surface area contributed by atoms with Gasteiger partial charge in [-0.3, -0.25) is 9.59 Å². The Kier molecular flexibility index (Phi) is 4.12. The summed E-state index contributed by atoms with van der Waals surface area (Å²) in [5.41, 5.74) is 6.27. The fraction of sp³-hybridized carbons (Fsp3) is 0.312. The van der Waals surface area contributed by atoms with E-state index in [1.54, 1.807) is 25.1 Å². The predicted octanol–water partition coefficient (Wildman–Crippen LogP) is 2.35. The van der Waals surface area contributed by atoms with Gasteiger partial charge in [-0.2, -0.15) is 0 Å². The van der Waals surface area contributed by atoms with Gasteiger partial charge in [0.2, 0.25) is 5.91 Å². The minimum absolute atomic E-state index is 0.260. The van der Waals surface area contributed by atoms with Crippen molar-refractivity contribution in [2.75, 3.05) is 6.54 Å². The number of thiazole rings is 1. The van der Waals surface area contributed by atoms with Crippen molar-refractivity contribution in [2.45, 2.75) is 25.8 Å². The third-order valence-electron chi connectivity index (χ3n) is 3.94. The number of hydrogen-bond acceptors (Lipinski definition) is 4. The fourth-order valence-corrected chi connectivity index (χ4v) is 3.83. The molecule has 1 atom stereocenters. The molecule has 1 aliphatic heterocycles. The summed E-state index contributed by atoms with van der Waals surface area (Å²) < 4.78 is 13.9. The summed E-state index contributed by atoms with van der Waals surface area (Å²) >= 11 is 1.14. The van der Waals surface area contributed by atoms with Crippen LogP contribution in [0.5, 0.6) is 0 Å². The van der Waals surface area contributed by atoms with Crippen LogP contribution in [0.1, 0.15) is 28.2 Å². The molecule has 2 heterocycles. The summed E-state index contributed by atoms with van der Waals surface area (Å²) in [7, 11) is 0. The summed E-state index contributed by atoms with van der Waals surface area (Å²) in [5.74, 6) is -1.13. The van der Waals surface area contributed by atoms with Crippen LogP contribution in [0.3, 0.4) is 0 Å². The third-order valence-corrected chi connectivity index (χ3v) is 5.12. The van der Waals surface area contributed by atoms with Gasteiger partial charge in [0.05, 0.1) is 5.69 Å². The Labute approximate surface area is 136 Å². The third kappa shape index (κ3) is 2.84. The van der Waals surface area contributed by atoms with Crippen LogP contribution >= 0.6 is 11.3 Å². The van der Waals surface area contributed by atoms with Crippen LogP contribution in [0.15, 0.2) is 24.3 Å². The van der Waals surface area contributed by atoms with Crippen molar-refractivity contribution in [2.24, 2.45) is 5.73 Å². The van der Waals surface area contributed by atoms with Gasteiger partial charge >= 0.3 is 0 Å². The number of aryl methyl sites for hydroxylation is 1. The monoisotopic (exact) mass is 333 g/mol. The predicted molar refractivity (Wildman–Crippen MR) is 85.5 cm³/mol. The first-order valence-corrected chi connectivity index (χ1v) is 8.13. The number of benzene rings is 1. The molecular weight excluding hydrogens is 317 g/mol. The number of primary amides is 1. The number of rotatable bonds is 3. The van der Waals surface area contributed by atoms with Gasteiger partial charge in [0.25, 0.3) is 5.91 Å². The van der Waals surface area contributed by atoms with Gasteiger partial charge < -0.3 is 10.6 Å². The summed E-state index contributed by atoms with van der Waals surface area (Å²) in [4.78, 5) is 30.4. The molecule has 7 heteroatoms. The average molecular weight is 333 g/mol. The largest absolute Gasteiger partial charge is 0.368 e. The molecule has 3 rings (SSSR count). The quantitative estimate of drug-likeness (QED) is 0.937. The number of carbonyl (C=O) groups is 2. The van der Waals surface area contributed by atoms with Crippen molar-refractivity contribution >= 4 is 23.2 Å². The summed E-state index contributed by atoms with van der Waals surface area (Å²) in [6.07, 6.45) is 1.33. The lowest BCUT2D eigenvalue weighted by molar-refractivity contribution is -0.121. The number of nitrogens with two attached hydrogens (primary N) is 1. The second kappa shape index (κ2) is 6.08. The van der Waals surface area contributed by atoms with Crippen LogP contribution in [0.2, 0.25) is 0 Å². The van der Waals surface area contributed by atoms with E-state index in [2.05, 4.69) is 4.98 Å². The highest BCUT2D eigenvalue weighted by Crippen LogP contribution is 2.31. The molecule has 1 aliphatic rings. The van der Waals surface area contributed by atoms with Gasteiger partial charge in [-0.05, 0) is 31.9 Å². The Balaban J connectivity index is 1.94. The normalized spacial score (nSPS) is 17.5. The van der Waals surface area contributed by atoms with E-state index in [1.807, 2.05) is 0 Å². The zero-order chi connectivity index (χ0) is 16.6. The highest BCUT2D eigenvalue weighted by molar-refractivity contribution is 7.17. The Morgan fingerprint density at radius 1 is 1.39 bits per heavy atom. The molecule has 23 heavy (non-hydrogen) atoms. The minimum atomic E-state index is -0.569. The highest BCUT2D eigenvalue weighted by atomic mass is 32.1. The van der Waals surface area contributed by atoms with Crippen molar-refractivity contribution in [3.63, 3.8) is 0 Å².